The van der Waals surface area contributed by atoms with E-state index in [1.54, 1.807) is 0 Å². The van der Waals surface area contributed by atoms with Crippen LogP contribution < -0.4 is 5.32 Å². The average molecular weight is 274 g/mol. The van der Waals surface area contributed by atoms with Gasteiger partial charge in [-0.15, -0.1) is 11.3 Å². The van der Waals surface area contributed by atoms with Crippen molar-refractivity contribution in [2.45, 2.75) is 39.2 Å². The molecule has 0 saturated carbocycles. The first-order valence-corrected chi connectivity index (χ1v) is 7.92. The van der Waals surface area contributed by atoms with Crippen molar-refractivity contribution in [3.05, 3.63) is 52.0 Å². The Kier molecular flexibility index (Phi) is 5.55. The van der Waals surface area contributed by atoms with Crippen LogP contribution in [0.1, 0.15) is 42.4 Å². The van der Waals surface area contributed by atoms with Gasteiger partial charge in [0.05, 0.1) is 11.7 Å². The van der Waals surface area contributed by atoms with Crippen molar-refractivity contribution in [3.8, 4) is 0 Å². The average Bonchev–Trinajstić information content (AvgIpc) is 2.96. The standard InChI is InChI=1S/C16H22N2S/c1-3-13-7-5-11-18-16(13)15(17-4-2)10-9-14-8-6-12-19-14/h5-8,11-12,15,17H,3-4,9-10H2,1-2H3. The molecule has 0 amide bonds. The lowest BCUT2D eigenvalue weighted by atomic mass is 10.0. The Morgan fingerprint density at radius 2 is 2.16 bits per heavy atom. The number of nitrogens with one attached hydrogen (secondary N) is 1. The summed E-state index contributed by atoms with van der Waals surface area (Å²) in [5, 5.41) is 5.73. The monoisotopic (exact) mass is 274 g/mol. The molecule has 0 fully saturated rings. The first-order valence-electron chi connectivity index (χ1n) is 7.04. The highest BCUT2D eigenvalue weighted by Crippen LogP contribution is 2.22. The summed E-state index contributed by atoms with van der Waals surface area (Å²) < 4.78 is 0. The first-order chi connectivity index (χ1) is 9.35. The molecule has 0 aliphatic carbocycles. The van der Waals surface area contributed by atoms with Gasteiger partial charge in [0.15, 0.2) is 0 Å². The number of hydrogen-bond donors (Lipinski definition) is 1. The summed E-state index contributed by atoms with van der Waals surface area (Å²) in [6.07, 6.45) is 5.18. The molecule has 3 heteroatoms. The number of hydrogen-bond acceptors (Lipinski definition) is 3. The van der Waals surface area contributed by atoms with Gasteiger partial charge in [0.1, 0.15) is 0 Å². The van der Waals surface area contributed by atoms with Crippen molar-refractivity contribution >= 4 is 11.3 Å². The van der Waals surface area contributed by atoms with Crippen LogP contribution in [-0.2, 0) is 12.8 Å². The second-order valence-electron chi connectivity index (χ2n) is 4.63. The molecule has 0 saturated heterocycles. The van der Waals surface area contributed by atoms with E-state index < -0.39 is 0 Å². The zero-order valence-corrected chi connectivity index (χ0v) is 12.5. The van der Waals surface area contributed by atoms with E-state index in [-0.39, 0.29) is 0 Å². The number of rotatable bonds is 7. The van der Waals surface area contributed by atoms with E-state index in [1.807, 2.05) is 23.6 Å². The van der Waals surface area contributed by atoms with Gasteiger partial charge in [0, 0.05) is 11.1 Å². The molecule has 2 rings (SSSR count). The minimum atomic E-state index is 0.364. The largest absolute Gasteiger partial charge is 0.309 e. The van der Waals surface area contributed by atoms with Crippen LogP contribution in [0.15, 0.2) is 35.8 Å². The Morgan fingerprint density at radius 1 is 1.26 bits per heavy atom. The van der Waals surface area contributed by atoms with E-state index in [4.69, 9.17) is 0 Å². The first kappa shape index (κ1) is 14.2. The van der Waals surface area contributed by atoms with Crippen LogP contribution in [0.2, 0.25) is 0 Å². The highest BCUT2D eigenvalue weighted by Gasteiger charge is 2.15. The Balaban J connectivity index is 2.10. The molecule has 1 unspecified atom stereocenters. The topological polar surface area (TPSA) is 24.9 Å². The van der Waals surface area contributed by atoms with Crippen molar-refractivity contribution in [1.82, 2.24) is 10.3 Å². The molecule has 1 atom stereocenters. The van der Waals surface area contributed by atoms with Crippen molar-refractivity contribution in [2.75, 3.05) is 6.54 Å². The van der Waals surface area contributed by atoms with Gasteiger partial charge < -0.3 is 5.32 Å². The number of aromatic nitrogens is 1. The third kappa shape index (κ3) is 3.88. The minimum Gasteiger partial charge on any atom is -0.309 e. The van der Waals surface area contributed by atoms with E-state index in [0.717, 1.165) is 25.8 Å². The normalized spacial score (nSPS) is 12.5. The van der Waals surface area contributed by atoms with Gasteiger partial charge in [-0.25, -0.2) is 0 Å². The van der Waals surface area contributed by atoms with Gasteiger partial charge in [-0.3, -0.25) is 4.98 Å². The van der Waals surface area contributed by atoms with Gasteiger partial charge in [0.25, 0.3) is 0 Å². The van der Waals surface area contributed by atoms with Crippen LogP contribution in [0.4, 0.5) is 0 Å². The van der Waals surface area contributed by atoms with E-state index >= 15 is 0 Å². The Morgan fingerprint density at radius 3 is 2.84 bits per heavy atom. The second-order valence-corrected chi connectivity index (χ2v) is 5.66. The third-order valence-electron chi connectivity index (χ3n) is 3.35. The van der Waals surface area contributed by atoms with Gasteiger partial charge >= 0.3 is 0 Å². The molecule has 0 radical (unpaired) electrons. The van der Waals surface area contributed by atoms with Gasteiger partial charge in [-0.1, -0.05) is 26.0 Å². The van der Waals surface area contributed by atoms with Crippen LogP contribution >= 0.6 is 11.3 Å². The molecular weight excluding hydrogens is 252 g/mol. The molecule has 0 bridgehead atoms. The van der Waals surface area contributed by atoms with E-state index in [2.05, 4.69) is 47.7 Å². The molecule has 2 heterocycles. The smallest absolute Gasteiger partial charge is 0.0605 e. The second kappa shape index (κ2) is 7.41. The number of aryl methyl sites for hydroxylation is 2. The molecular formula is C16H22N2S. The molecule has 2 aromatic heterocycles. The highest BCUT2D eigenvalue weighted by molar-refractivity contribution is 7.09. The van der Waals surface area contributed by atoms with Crippen molar-refractivity contribution in [2.24, 2.45) is 0 Å². The minimum absolute atomic E-state index is 0.364. The molecule has 0 aliphatic heterocycles. The number of nitrogens with zero attached hydrogens (tertiary/aromatic N) is 1. The van der Waals surface area contributed by atoms with Gasteiger partial charge in [0.2, 0.25) is 0 Å². The maximum absolute atomic E-state index is 4.61. The fourth-order valence-corrected chi connectivity index (χ4v) is 3.11. The number of pyridine rings is 1. The van der Waals surface area contributed by atoms with Crippen molar-refractivity contribution in [3.63, 3.8) is 0 Å². The Hall–Kier alpha value is -1.19. The van der Waals surface area contributed by atoms with E-state index in [9.17, 15) is 0 Å². The maximum atomic E-state index is 4.61. The zero-order valence-electron chi connectivity index (χ0n) is 11.7. The lowest BCUT2D eigenvalue weighted by Crippen LogP contribution is -2.23. The summed E-state index contributed by atoms with van der Waals surface area (Å²) in [7, 11) is 0. The molecule has 1 N–H and O–H groups in total. The predicted molar refractivity (Wildman–Crippen MR) is 82.7 cm³/mol. The molecule has 0 aromatic carbocycles. The summed E-state index contributed by atoms with van der Waals surface area (Å²) in [5.41, 5.74) is 2.59. The predicted octanol–water partition coefficient (Wildman–Crippen LogP) is 3.99. The summed E-state index contributed by atoms with van der Waals surface area (Å²) in [5.74, 6) is 0. The highest BCUT2D eigenvalue weighted by atomic mass is 32.1. The fourth-order valence-electron chi connectivity index (χ4n) is 2.39. The summed E-state index contributed by atoms with van der Waals surface area (Å²) >= 11 is 1.84. The van der Waals surface area contributed by atoms with Gasteiger partial charge in [-0.2, -0.15) is 0 Å². The SMILES string of the molecule is CCNC(CCc1cccs1)c1ncccc1CC. The Bertz CT molecular complexity index is 479. The molecule has 102 valence electrons. The van der Waals surface area contributed by atoms with Crippen LogP contribution in [0.5, 0.6) is 0 Å². The zero-order chi connectivity index (χ0) is 13.5. The van der Waals surface area contributed by atoms with Gasteiger partial charge in [-0.05, 0) is 48.9 Å². The van der Waals surface area contributed by atoms with E-state index in [0.29, 0.717) is 6.04 Å². The lowest BCUT2D eigenvalue weighted by molar-refractivity contribution is 0.501. The molecule has 2 aromatic rings. The van der Waals surface area contributed by atoms with Crippen LogP contribution in [0.25, 0.3) is 0 Å². The number of thiophene rings is 1. The summed E-state index contributed by atoms with van der Waals surface area (Å²) in [6, 6.07) is 8.93. The quantitative estimate of drug-likeness (QED) is 0.826. The fraction of sp³-hybridized carbons (Fsp3) is 0.438. The van der Waals surface area contributed by atoms with Crippen molar-refractivity contribution in [1.29, 1.82) is 0 Å². The van der Waals surface area contributed by atoms with E-state index in [1.165, 1.54) is 16.1 Å². The van der Waals surface area contributed by atoms with Crippen LogP contribution in [-0.4, -0.2) is 11.5 Å². The Labute approximate surface area is 119 Å². The third-order valence-corrected chi connectivity index (χ3v) is 4.28. The molecule has 2 nitrogen and oxygen atoms in total. The molecule has 0 aliphatic rings. The molecule has 19 heavy (non-hydrogen) atoms. The van der Waals surface area contributed by atoms with Crippen molar-refractivity contribution < 1.29 is 0 Å². The summed E-state index contributed by atoms with van der Waals surface area (Å²) in [4.78, 5) is 6.06. The molecule has 0 spiro atoms. The summed E-state index contributed by atoms with van der Waals surface area (Å²) in [6.45, 7) is 5.34. The van der Waals surface area contributed by atoms with Crippen LogP contribution in [0.3, 0.4) is 0 Å². The maximum Gasteiger partial charge on any atom is 0.0605 e. The lowest BCUT2D eigenvalue weighted by Gasteiger charge is -2.19. The van der Waals surface area contributed by atoms with Crippen LogP contribution in [0, 0.1) is 0 Å².